The van der Waals surface area contributed by atoms with E-state index < -0.39 is 5.25 Å². The van der Waals surface area contributed by atoms with Crippen LogP contribution in [-0.2, 0) is 4.79 Å². The summed E-state index contributed by atoms with van der Waals surface area (Å²) in [7, 11) is 0. The first-order valence-corrected chi connectivity index (χ1v) is 10.5. The van der Waals surface area contributed by atoms with Crippen LogP contribution in [0.25, 0.3) is 22.3 Å². The molecule has 0 saturated carbocycles. The van der Waals surface area contributed by atoms with E-state index in [9.17, 15) is 4.79 Å². The molecule has 0 radical (unpaired) electrons. The third-order valence-electron chi connectivity index (χ3n) is 4.33. The van der Waals surface area contributed by atoms with Crippen molar-refractivity contribution in [3.05, 3.63) is 65.3 Å². The molecule has 2 aromatic heterocycles. The molecule has 2 aromatic carbocycles. The highest BCUT2D eigenvalue weighted by atomic mass is 79.9. The minimum atomic E-state index is -0.430. The second-order valence-electron chi connectivity index (χ2n) is 6.28. The lowest BCUT2D eigenvalue weighted by atomic mass is 10.2. The maximum Gasteiger partial charge on any atom is 0.237 e. The first-order chi connectivity index (χ1) is 14.0. The lowest BCUT2D eigenvalue weighted by Gasteiger charge is -2.13. The molecule has 0 saturated heterocycles. The molecule has 4 aromatic rings. The number of carbonyl (C=O) groups is 1. The van der Waals surface area contributed by atoms with E-state index in [-0.39, 0.29) is 5.91 Å². The fraction of sp³-hybridized carbons (Fsp3) is 0.100. The second kappa shape index (κ2) is 8.22. The van der Waals surface area contributed by atoms with Crippen molar-refractivity contribution in [3.63, 3.8) is 0 Å². The number of hydrogen-bond donors (Lipinski definition) is 2. The summed E-state index contributed by atoms with van der Waals surface area (Å²) < 4.78 is 2.27. The van der Waals surface area contributed by atoms with Gasteiger partial charge in [0, 0.05) is 21.6 Å². The lowest BCUT2D eigenvalue weighted by molar-refractivity contribution is -0.115. The molecule has 146 valence electrons. The average molecular weight is 469 g/mol. The Morgan fingerprint density at radius 3 is 2.79 bits per heavy atom. The second-order valence-corrected chi connectivity index (χ2v) is 8.44. The standard InChI is InChI=1S/C20H17BrN6OS/c1-12(19(28)24-17-10-4-9-16-14(17)7-5-11-23-16)29-20-26-25-18(27(20)22)13-6-2-3-8-15(13)21/h2-12H,22H2,1H3,(H,24,28). The molecule has 0 fully saturated rings. The van der Waals surface area contributed by atoms with Crippen molar-refractivity contribution in [2.45, 2.75) is 17.3 Å². The molecule has 1 unspecified atom stereocenters. The van der Waals surface area contributed by atoms with Crippen molar-refractivity contribution < 1.29 is 4.79 Å². The third kappa shape index (κ3) is 3.96. The van der Waals surface area contributed by atoms with Crippen molar-refractivity contribution >= 4 is 50.2 Å². The van der Waals surface area contributed by atoms with Crippen LogP contribution < -0.4 is 11.2 Å². The molecular weight excluding hydrogens is 452 g/mol. The summed E-state index contributed by atoms with van der Waals surface area (Å²) in [5, 5.41) is 12.2. The van der Waals surface area contributed by atoms with E-state index in [2.05, 4.69) is 36.4 Å². The van der Waals surface area contributed by atoms with Crippen molar-refractivity contribution in [1.29, 1.82) is 0 Å². The molecule has 1 amide bonds. The quantitative estimate of drug-likeness (QED) is 0.338. The Bertz CT molecular complexity index is 1190. The Hall–Kier alpha value is -2.91. The number of hydrogen-bond acceptors (Lipinski definition) is 6. The van der Waals surface area contributed by atoms with Crippen molar-refractivity contribution in [1.82, 2.24) is 19.9 Å². The zero-order chi connectivity index (χ0) is 20.4. The monoisotopic (exact) mass is 468 g/mol. The molecule has 0 aliphatic carbocycles. The summed E-state index contributed by atoms with van der Waals surface area (Å²) in [6, 6.07) is 17.0. The van der Waals surface area contributed by atoms with E-state index in [1.165, 1.54) is 16.4 Å². The lowest BCUT2D eigenvalue weighted by Crippen LogP contribution is -2.23. The minimum absolute atomic E-state index is 0.156. The van der Waals surface area contributed by atoms with Crippen molar-refractivity contribution in [2.24, 2.45) is 0 Å². The van der Waals surface area contributed by atoms with Gasteiger partial charge in [-0.1, -0.05) is 45.9 Å². The normalized spacial score (nSPS) is 12.1. The number of nitrogens with one attached hydrogen (secondary N) is 1. The van der Waals surface area contributed by atoms with Gasteiger partial charge in [-0.15, -0.1) is 10.2 Å². The number of benzene rings is 2. The number of nitrogen functional groups attached to an aromatic ring is 1. The number of amides is 1. The van der Waals surface area contributed by atoms with Crippen LogP contribution in [-0.4, -0.2) is 31.0 Å². The first kappa shape index (κ1) is 19.4. The smallest absolute Gasteiger partial charge is 0.237 e. The Kier molecular flexibility index (Phi) is 5.50. The van der Waals surface area contributed by atoms with E-state index >= 15 is 0 Å². The Morgan fingerprint density at radius 2 is 1.97 bits per heavy atom. The molecule has 7 nitrogen and oxygen atoms in total. The number of fused-ring (bicyclic) bond motifs is 1. The molecule has 0 bridgehead atoms. The predicted molar refractivity (Wildman–Crippen MR) is 119 cm³/mol. The Labute approximate surface area is 179 Å². The van der Waals surface area contributed by atoms with Gasteiger partial charge in [0.2, 0.25) is 11.1 Å². The first-order valence-electron chi connectivity index (χ1n) is 8.81. The fourth-order valence-corrected chi connectivity index (χ4v) is 4.07. The summed E-state index contributed by atoms with van der Waals surface area (Å²) >= 11 is 4.74. The summed E-state index contributed by atoms with van der Waals surface area (Å²) in [4.78, 5) is 17.1. The predicted octanol–water partition coefficient (Wildman–Crippen LogP) is 4.09. The average Bonchev–Trinajstić information content (AvgIpc) is 3.08. The van der Waals surface area contributed by atoms with Gasteiger partial charge in [0.15, 0.2) is 5.82 Å². The Morgan fingerprint density at radius 1 is 1.14 bits per heavy atom. The van der Waals surface area contributed by atoms with Crippen molar-refractivity contribution in [3.8, 4) is 11.4 Å². The molecule has 0 aliphatic heterocycles. The van der Waals surface area contributed by atoms with E-state index in [0.717, 1.165) is 26.6 Å². The van der Waals surface area contributed by atoms with Crippen LogP contribution in [0.5, 0.6) is 0 Å². The van der Waals surface area contributed by atoms with Gasteiger partial charge in [0.05, 0.1) is 16.5 Å². The summed E-state index contributed by atoms with van der Waals surface area (Å²) in [6.45, 7) is 1.80. The van der Waals surface area contributed by atoms with Crippen LogP contribution in [0.2, 0.25) is 0 Å². The summed E-state index contributed by atoms with van der Waals surface area (Å²) in [5.41, 5.74) is 2.37. The molecule has 9 heteroatoms. The zero-order valence-electron chi connectivity index (χ0n) is 15.4. The summed E-state index contributed by atoms with van der Waals surface area (Å²) in [5.74, 6) is 6.55. The van der Waals surface area contributed by atoms with Gasteiger partial charge in [0.1, 0.15) is 0 Å². The van der Waals surface area contributed by atoms with Gasteiger partial charge < -0.3 is 11.2 Å². The highest BCUT2D eigenvalue weighted by Gasteiger charge is 2.21. The van der Waals surface area contributed by atoms with Crippen LogP contribution in [0.1, 0.15) is 6.92 Å². The molecule has 1 atom stereocenters. The maximum atomic E-state index is 12.7. The molecule has 2 heterocycles. The molecule has 29 heavy (non-hydrogen) atoms. The number of anilines is 1. The van der Waals surface area contributed by atoms with Crippen LogP contribution >= 0.6 is 27.7 Å². The van der Waals surface area contributed by atoms with Gasteiger partial charge >= 0.3 is 0 Å². The highest BCUT2D eigenvalue weighted by molar-refractivity contribution is 9.10. The number of halogens is 1. The number of thioether (sulfide) groups is 1. The van der Waals surface area contributed by atoms with Gasteiger partial charge in [0.25, 0.3) is 0 Å². The fourth-order valence-electron chi connectivity index (χ4n) is 2.84. The summed E-state index contributed by atoms with van der Waals surface area (Å²) in [6.07, 6.45) is 1.73. The molecule has 4 rings (SSSR count). The molecule has 3 N–H and O–H groups in total. The number of carbonyl (C=O) groups excluding carboxylic acids is 1. The van der Waals surface area contributed by atoms with E-state index in [0.29, 0.717) is 11.0 Å². The molecular formula is C20H17BrN6OS. The zero-order valence-corrected chi connectivity index (χ0v) is 17.8. The van der Waals surface area contributed by atoms with Crippen LogP contribution in [0, 0.1) is 0 Å². The highest BCUT2D eigenvalue weighted by Crippen LogP contribution is 2.30. The number of pyridine rings is 1. The molecule has 0 aliphatic rings. The number of nitrogens with zero attached hydrogens (tertiary/aromatic N) is 4. The third-order valence-corrected chi connectivity index (χ3v) is 6.08. The number of aromatic nitrogens is 4. The number of nitrogens with two attached hydrogens (primary N) is 1. The van der Waals surface area contributed by atoms with Gasteiger partial charge in [-0.2, -0.15) is 0 Å². The topological polar surface area (TPSA) is 98.7 Å². The van der Waals surface area contributed by atoms with E-state index in [4.69, 9.17) is 5.84 Å². The Balaban J connectivity index is 1.52. The minimum Gasteiger partial charge on any atom is -0.335 e. The largest absolute Gasteiger partial charge is 0.335 e. The van der Waals surface area contributed by atoms with Gasteiger partial charge in [-0.05, 0) is 43.3 Å². The van der Waals surface area contributed by atoms with Crippen LogP contribution in [0.4, 0.5) is 5.69 Å². The van der Waals surface area contributed by atoms with Crippen molar-refractivity contribution in [2.75, 3.05) is 11.2 Å². The van der Waals surface area contributed by atoms with Gasteiger partial charge in [-0.3, -0.25) is 9.78 Å². The van der Waals surface area contributed by atoms with Gasteiger partial charge in [-0.25, -0.2) is 4.68 Å². The van der Waals surface area contributed by atoms with E-state index in [1.807, 2.05) is 54.6 Å². The van der Waals surface area contributed by atoms with E-state index in [1.54, 1.807) is 13.1 Å². The van der Waals surface area contributed by atoms with Crippen LogP contribution in [0.3, 0.4) is 0 Å². The number of rotatable bonds is 5. The van der Waals surface area contributed by atoms with Crippen LogP contribution in [0.15, 0.2) is 70.4 Å². The maximum absolute atomic E-state index is 12.7. The SMILES string of the molecule is CC(Sc1nnc(-c2ccccc2Br)n1N)C(=O)Nc1cccc2ncccc12. The molecule has 0 spiro atoms.